The summed E-state index contributed by atoms with van der Waals surface area (Å²) in [4.78, 5) is 0. The minimum Gasteiger partial charge on any atom is -0.286 e. The largest absolute Gasteiger partial charge is 0.286 e. The van der Waals surface area contributed by atoms with Crippen molar-refractivity contribution in [2.24, 2.45) is 0 Å². The number of hydrogen-bond acceptors (Lipinski definition) is 4. The van der Waals surface area contributed by atoms with Crippen LogP contribution in [0.4, 0.5) is 0 Å². The van der Waals surface area contributed by atoms with Gasteiger partial charge in [-0.1, -0.05) is 30.3 Å². The monoisotopic (exact) mass is 478 g/mol. The first-order valence-electron chi connectivity index (χ1n) is 10.0. The fourth-order valence-corrected chi connectivity index (χ4v) is 4.41. The first-order valence-corrected chi connectivity index (χ1v) is 13.2. The van der Waals surface area contributed by atoms with Gasteiger partial charge in [-0.05, 0) is 6.07 Å². The average Bonchev–Trinajstić information content (AvgIpc) is 2.72. The molecule has 0 atom stereocenters. The zero-order chi connectivity index (χ0) is 23.2. The van der Waals surface area contributed by atoms with E-state index in [1.54, 1.807) is 0 Å². The number of pyridine rings is 2. The molecule has 32 heavy (non-hydrogen) atoms. The van der Waals surface area contributed by atoms with Crippen molar-refractivity contribution < 1.29 is 35.1 Å². The van der Waals surface area contributed by atoms with Gasteiger partial charge in [-0.2, -0.15) is 26.0 Å². The van der Waals surface area contributed by atoms with Crippen molar-refractivity contribution in [1.29, 1.82) is 0 Å². The van der Waals surface area contributed by atoms with Crippen molar-refractivity contribution in [3.05, 3.63) is 95.6 Å². The fourth-order valence-electron chi connectivity index (χ4n) is 3.47. The number of aryl methyl sites for hydroxylation is 2. The summed E-state index contributed by atoms with van der Waals surface area (Å²) in [6.07, 6.45) is 4.14. The molecule has 0 spiro atoms. The molecule has 0 aliphatic carbocycles. The summed E-state index contributed by atoms with van der Waals surface area (Å²) in [5.41, 5.74) is 3.62. The van der Waals surface area contributed by atoms with Gasteiger partial charge in [0.05, 0.1) is 11.5 Å². The van der Waals surface area contributed by atoms with Gasteiger partial charge in [-0.15, -0.1) is 0 Å². The summed E-state index contributed by atoms with van der Waals surface area (Å²) in [7, 11) is -8.08. The Bertz CT molecular complexity index is 1190. The maximum atomic E-state index is 11.1. The van der Waals surface area contributed by atoms with Gasteiger partial charge in [-0.3, -0.25) is 9.11 Å². The SMILES string of the molecule is O=S(=O)(O)CCc1cccc[n+]1Cc1cccc(C[n+]2ccccc2CCS(=O)(=O)O)c1. The summed E-state index contributed by atoms with van der Waals surface area (Å²) < 4.78 is 66.5. The Morgan fingerprint density at radius 1 is 0.625 bits per heavy atom. The Morgan fingerprint density at radius 2 is 1.06 bits per heavy atom. The van der Waals surface area contributed by atoms with Gasteiger partial charge in [0, 0.05) is 48.2 Å². The number of hydrogen-bond donors (Lipinski definition) is 2. The molecule has 3 rings (SSSR count). The van der Waals surface area contributed by atoms with Gasteiger partial charge in [0.15, 0.2) is 36.9 Å². The van der Waals surface area contributed by atoms with E-state index < -0.39 is 20.2 Å². The molecule has 0 unspecified atom stereocenters. The standard InChI is InChI=1S/C22H24N2O6S2/c25-31(26,27)14-10-21-8-1-3-12-23(21)17-19-6-5-7-20(16-19)18-24-13-4-2-9-22(24)11-15-32(28,29)30/h1-9,12-13,16H,10-11,14-15,17-18H2/p+2. The highest BCUT2D eigenvalue weighted by molar-refractivity contribution is 7.86. The van der Waals surface area contributed by atoms with Crippen LogP contribution in [0.25, 0.3) is 0 Å². The third kappa shape index (κ3) is 7.79. The molecule has 0 aliphatic rings. The Labute approximate surface area is 188 Å². The van der Waals surface area contributed by atoms with E-state index in [0.29, 0.717) is 13.1 Å². The van der Waals surface area contributed by atoms with E-state index in [1.807, 2.05) is 82.2 Å². The zero-order valence-corrected chi connectivity index (χ0v) is 19.0. The van der Waals surface area contributed by atoms with Crippen molar-refractivity contribution in [2.45, 2.75) is 25.9 Å². The van der Waals surface area contributed by atoms with E-state index in [-0.39, 0.29) is 24.3 Å². The van der Waals surface area contributed by atoms with Crippen LogP contribution in [0.5, 0.6) is 0 Å². The molecule has 170 valence electrons. The number of rotatable bonds is 10. The topological polar surface area (TPSA) is 117 Å². The molecule has 0 bridgehead atoms. The van der Waals surface area contributed by atoms with Crippen LogP contribution < -0.4 is 9.13 Å². The Kier molecular flexibility index (Phi) is 7.73. The summed E-state index contributed by atoms with van der Waals surface area (Å²) in [6.45, 7) is 1.06. The third-order valence-corrected chi connectivity index (χ3v) is 6.44. The van der Waals surface area contributed by atoms with Crippen LogP contribution in [0.15, 0.2) is 73.1 Å². The van der Waals surface area contributed by atoms with E-state index >= 15 is 0 Å². The molecule has 0 saturated heterocycles. The van der Waals surface area contributed by atoms with Gasteiger partial charge >= 0.3 is 0 Å². The van der Waals surface area contributed by atoms with Crippen LogP contribution in [0.2, 0.25) is 0 Å². The lowest BCUT2D eigenvalue weighted by atomic mass is 10.1. The zero-order valence-electron chi connectivity index (χ0n) is 17.4. The molecule has 10 heteroatoms. The maximum Gasteiger partial charge on any atom is 0.265 e. The van der Waals surface area contributed by atoms with Crippen LogP contribution in [0.3, 0.4) is 0 Å². The first kappa shape index (κ1) is 24.0. The summed E-state index contributed by atoms with van der Waals surface area (Å²) >= 11 is 0. The van der Waals surface area contributed by atoms with E-state index in [2.05, 4.69) is 0 Å². The fraction of sp³-hybridized carbons (Fsp3) is 0.273. The van der Waals surface area contributed by atoms with Crippen LogP contribution in [0.1, 0.15) is 22.5 Å². The van der Waals surface area contributed by atoms with Crippen LogP contribution in [0, 0.1) is 0 Å². The predicted molar refractivity (Wildman–Crippen MR) is 118 cm³/mol. The molecule has 0 amide bonds. The van der Waals surface area contributed by atoms with Crippen LogP contribution >= 0.6 is 0 Å². The molecular formula is C22H26N2O6S2+2. The lowest BCUT2D eigenvalue weighted by molar-refractivity contribution is -0.696. The second kappa shape index (κ2) is 10.3. The quantitative estimate of drug-likeness (QED) is 0.334. The first-order chi connectivity index (χ1) is 15.1. The third-order valence-electron chi connectivity index (χ3n) is 5.00. The van der Waals surface area contributed by atoms with E-state index in [9.17, 15) is 16.8 Å². The lowest BCUT2D eigenvalue weighted by Crippen LogP contribution is -2.40. The Morgan fingerprint density at radius 3 is 1.47 bits per heavy atom. The van der Waals surface area contributed by atoms with Crippen LogP contribution in [-0.4, -0.2) is 37.4 Å². The van der Waals surface area contributed by atoms with Gasteiger partial charge in [0.25, 0.3) is 20.2 Å². The molecule has 0 radical (unpaired) electrons. The molecule has 1 aromatic carbocycles. The number of aromatic nitrogens is 2. The number of nitrogens with zero attached hydrogens (tertiary/aromatic N) is 2. The van der Waals surface area contributed by atoms with Crippen molar-refractivity contribution >= 4 is 20.2 Å². The highest BCUT2D eigenvalue weighted by atomic mass is 32.2. The minimum atomic E-state index is -4.04. The molecule has 8 nitrogen and oxygen atoms in total. The molecule has 0 aliphatic heterocycles. The van der Waals surface area contributed by atoms with Gasteiger partial charge < -0.3 is 0 Å². The highest BCUT2D eigenvalue weighted by Crippen LogP contribution is 2.07. The Hall–Kier alpha value is -2.66. The lowest BCUT2D eigenvalue weighted by Gasteiger charge is -2.06. The molecule has 0 saturated carbocycles. The predicted octanol–water partition coefficient (Wildman–Crippen LogP) is 1.22. The normalized spacial score (nSPS) is 12.1. The summed E-state index contributed by atoms with van der Waals surface area (Å²) in [5.74, 6) is -0.678. The average molecular weight is 479 g/mol. The molecule has 2 N–H and O–H groups in total. The molecule has 2 heterocycles. The van der Waals surface area contributed by atoms with E-state index in [0.717, 1.165) is 22.5 Å². The highest BCUT2D eigenvalue weighted by Gasteiger charge is 2.17. The van der Waals surface area contributed by atoms with Gasteiger partial charge in [0.1, 0.15) is 0 Å². The molecule has 3 aromatic rings. The molecule has 0 fully saturated rings. The smallest absolute Gasteiger partial charge is 0.265 e. The van der Waals surface area contributed by atoms with Crippen molar-refractivity contribution in [1.82, 2.24) is 0 Å². The number of benzene rings is 1. The second-order valence-electron chi connectivity index (χ2n) is 7.53. The molecular weight excluding hydrogens is 452 g/mol. The summed E-state index contributed by atoms with van der Waals surface area (Å²) in [6, 6.07) is 19.0. The van der Waals surface area contributed by atoms with Crippen molar-refractivity contribution in [3.8, 4) is 0 Å². The summed E-state index contributed by atoms with van der Waals surface area (Å²) in [5, 5.41) is 0. The van der Waals surface area contributed by atoms with E-state index in [4.69, 9.17) is 9.11 Å². The maximum absolute atomic E-state index is 11.1. The second-order valence-corrected chi connectivity index (χ2v) is 10.7. The van der Waals surface area contributed by atoms with Gasteiger partial charge in [0.2, 0.25) is 0 Å². The van der Waals surface area contributed by atoms with Crippen molar-refractivity contribution in [2.75, 3.05) is 11.5 Å². The van der Waals surface area contributed by atoms with Crippen LogP contribution in [-0.2, 0) is 46.2 Å². The van der Waals surface area contributed by atoms with E-state index in [1.165, 1.54) is 0 Å². The molecule has 2 aromatic heterocycles. The van der Waals surface area contributed by atoms with Crippen molar-refractivity contribution in [3.63, 3.8) is 0 Å². The van der Waals surface area contributed by atoms with Gasteiger partial charge in [-0.25, -0.2) is 0 Å². The Balaban J connectivity index is 1.77. The minimum absolute atomic E-state index is 0.205.